The molecule has 2 N–H and O–H groups in total. The van der Waals surface area contributed by atoms with E-state index < -0.39 is 0 Å². The number of fused-ring (bicyclic) bond motifs is 1. The summed E-state index contributed by atoms with van der Waals surface area (Å²) in [7, 11) is 0. The lowest BCUT2D eigenvalue weighted by molar-refractivity contribution is 0.0944. The average Bonchev–Trinajstić information content (AvgIpc) is 3.01. The van der Waals surface area contributed by atoms with Gasteiger partial charge >= 0.3 is 0 Å². The third-order valence-electron chi connectivity index (χ3n) is 4.17. The number of carbonyl (C=O) groups excluding carboxylic acids is 1. The number of amides is 1. The van der Waals surface area contributed by atoms with Crippen LogP contribution in [-0.2, 0) is 6.54 Å². The highest BCUT2D eigenvalue weighted by molar-refractivity contribution is 6.08. The largest absolute Gasteiger partial charge is 0.394 e. The Labute approximate surface area is 152 Å². The molecular weight excluding hydrogens is 328 g/mol. The Kier molecular flexibility index (Phi) is 5.04. The molecule has 3 rings (SSSR count). The SMILES string of the molecule is Cc1cc(C)c2c(C(=O)NC(C)C)cc(-c3cnn(CCO)c3)nc2c1. The molecule has 0 saturated carbocycles. The van der Waals surface area contributed by atoms with Crippen molar-refractivity contribution in [3.8, 4) is 11.3 Å². The topological polar surface area (TPSA) is 80.0 Å². The minimum absolute atomic E-state index is 0.0205. The zero-order valence-corrected chi connectivity index (χ0v) is 15.6. The first-order valence-corrected chi connectivity index (χ1v) is 8.75. The van der Waals surface area contributed by atoms with Crippen molar-refractivity contribution in [2.24, 2.45) is 0 Å². The van der Waals surface area contributed by atoms with Crippen LogP contribution < -0.4 is 5.32 Å². The van der Waals surface area contributed by atoms with Crippen LogP contribution in [0, 0.1) is 13.8 Å². The van der Waals surface area contributed by atoms with Crippen molar-refractivity contribution in [1.29, 1.82) is 0 Å². The van der Waals surface area contributed by atoms with Gasteiger partial charge in [0.1, 0.15) is 0 Å². The first kappa shape index (κ1) is 18.1. The van der Waals surface area contributed by atoms with Crippen molar-refractivity contribution in [2.45, 2.75) is 40.3 Å². The smallest absolute Gasteiger partial charge is 0.252 e. The highest BCUT2D eigenvalue weighted by atomic mass is 16.3. The Morgan fingerprint density at radius 2 is 2.04 bits per heavy atom. The van der Waals surface area contributed by atoms with E-state index >= 15 is 0 Å². The summed E-state index contributed by atoms with van der Waals surface area (Å²) in [4.78, 5) is 17.6. The summed E-state index contributed by atoms with van der Waals surface area (Å²) in [5.41, 5.74) is 5.06. The third kappa shape index (κ3) is 3.60. The molecule has 2 aromatic heterocycles. The number of hydrogen-bond donors (Lipinski definition) is 2. The van der Waals surface area contributed by atoms with E-state index in [0.29, 0.717) is 17.8 Å². The van der Waals surface area contributed by atoms with Crippen molar-refractivity contribution in [3.63, 3.8) is 0 Å². The summed E-state index contributed by atoms with van der Waals surface area (Å²) in [5.74, 6) is -0.108. The van der Waals surface area contributed by atoms with Crippen molar-refractivity contribution in [2.75, 3.05) is 6.61 Å². The van der Waals surface area contributed by atoms with Gasteiger partial charge in [-0.2, -0.15) is 5.10 Å². The number of carbonyl (C=O) groups is 1. The number of aliphatic hydroxyl groups is 1. The molecule has 3 aromatic rings. The summed E-state index contributed by atoms with van der Waals surface area (Å²) >= 11 is 0. The van der Waals surface area contributed by atoms with Crippen LogP contribution in [0.2, 0.25) is 0 Å². The summed E-state index contributed by atoms with van der Waals surface area (Å²) in [6.07, 6.45) is 3.54. The van der Waals surface area contributed by atoms with Gasteiger partial charge in [-0.15, -0.1) is 0 Å². The van der Waals surface area contributed by atoms with Crippen molar-refractivity contribution in [1.82, 2.24) is 20.1 Å². The fourth-order valence-electron chi connectivity index (χ4n) is 3.14. The van der Waals surface area contributed by atoms with Crippen LogP contribution in [0.3, 0.4) is 0 Å². The maximum absolute atomic E-state index is 12.8. The normalized spacial score (nSPS) is 11.3. The predicted octanol–water partition coefficient (Wildman–Crippen LogP) is 2.85. The molecule has 0 fully saturated rings. The van der Waals surface area contributed by atoms with Crippen LogP contribution in [0.5, 0.6) is 0 Å². The van der Waals surface area contributed by atoms with Gasteiger partial charge in [-0.3, -0.25) is 9.48 Å². The van der Waals surface area contributed by atoms with Crippen LogP contribution >= 0.6 is 0 Å². The Hall–Kier alpha value is -2.73. The quantitative estimate of drug-likeness (QED) is 0.740. The number of pyridine rings is 1. The molecule has 0 spiro atoms. The van der Waals surface area contributed by atoms with Gasteiger partial charge < -0.3 is 10.4 Å². The molecule has 1 amide bonds. The first-order chi connectivity index (χ1) is 12.4. The van der Waals surface area contributed by atoms with E-state index in [2.05, 4.69) is 16.5 Å². The minimum Gasteiger partial charge on any atom is -0.394 e. The number of nitrogens with zero attached hydrogens (tertiary/aromatic N) is 3. The summed E-state index contributed by atoms with van der Waals surface area (Å²) < 4.78 is 1.66. The van der Waals surface area contributed by atoms with Crippen LogP contribution in [0.1, 0.15) is 35.3 Å². The number of aliphatic hydroxyl groups excluding tert-OH is 1. The number of benzene rings is 1. The van der Waals surface area contributed by atoms with E-state index in [0.717, 1.165) is 27.6 Å². The summed E-state index contributed by atoms with van der Waals surface area (Å²) in [5, 5.41) is 17.2. The molecule has 1 aromatic carbocycles. The highest BCUT2D eigenvalue weighted by Gasteiger charge is 2.17. The molecule has 0 unspecified atom stereocenters. The number of rotatable bonds is 5. The Bertz CT molecular complexity index is 960. The van der Waals surface area contributed by atoms with Crippen LogP contribution in [0.25, 0.3) is 22.2 Å². The molecule has 0 bridgehead atoms. The molecule has 2 heterocycles. The lowest BCUT2D eigenvalue weighted by Gasteiger charge is -2.14. The third-order valence-corrected chi connectivity index (χ3v) is 4.17. The molecule has 0 atom stereocenters. The standard InChI is InChI=1S/C20H24N4O2/c1-12(2)22-20(26)16-9-17(15-10-21-24(11-15)5-6-25)23-18-8-13(3)7-14(4)19(16)18/h7-12,25H,5-6H2,1-4H3,(H,22,26). The van der Waals surface area contributed by atoms with Crippen LogP contribution in [0.4, 0.5) is 0 Å². The predicted molar refractivity (Wildman–Crippen MR) is 102 cm³/mol. The first-order valence-electron chi connectivity index (χ1n) is 8.75. The zero-order valence-electron chi connectivity index (χ0n) is 15.6. The van der Waals surface area contributed by atoms with Crippen LogP contribution in [-0.4, -0.2) is 38.4 Å². The zero-order chi connectivity index (χ0) is 18.8. The molecule has 6 heteroatoms. The van der Waals surface area contributed by atoms with Gasteiger partial charge in [0, 0.05) is 23.2 Å². The second-order valence-corrected chi connectivity index (χ2v) is 6.87. The number of aryl methyl sites for hydroxylation is 2. The van der Waals surface area contributed by atoms with Gasteiger partial charge in [-0.05, 0) is 51.0 Å². The molecule has 0 radical (unpaired) electrons. The maximum Gasteiger partial charge on any atom is 0.252 e. The molecule has 0 saturated heterocycles. The monoisotopic (exact) mass is 352 g/mol. The number of nitrogens with one attached hydrogen (secondary N) is 1. The minimum atomic E-state index is -0.108. The second-order valence-electron chi connectivity index (χ2n) is 6.87. The fraction of sp³-hybridized carbons (Fsp3) is 0.350. The number of hydrogen-bond acceptors (Lipinski definition) is 4. The van der Waals surface area contributed by atoms with E-state index in [1.54, 1.807) is 10.9 Å². The second kappa shape index (κ2) is 7.25. The Morgan fingerprint density at radius 1 is 1.27 bits per heavy atom. The van der Waals surface area contributed by atoms with E-state index in [-0.39, 0.29) is 18.6 Å². The lowest BCUT2D eigenvalue weighted by atomic mass is 9.99. The summed E-state index contributed by atoms with van der Waals surface area (Å²) in [6, 6.07) is 5.93. The molecule has 6 nitrogen and oxygen atoms in total. The molecule has 26 heavy (non-hydrogen) atoms. The van der Waals surface area contributed by atoms with E-state index in [9.17, 15) is 4.79 Å². The fourth-order valence-corrected chi connectivity index (χ4v) is 3.14. The van der Waals surface area contributed by atoms with Gasteiger partial charge in [0.15, 0.2) is 0 Å². The van der Waals surface area contributed by atoms with Gasteiger partial charge in [0.25, 0.3) is 5.91 Å². The lowest BCUT2D eigenvalue weighted by Crippen LogP contribution is -2.30. The van der Waals surface area contributed by atoms with Gasteiger partial charge in [0.05, 0.1) is 36.1 Å². The molecular formula is C20H24N4O2. The highest BCUT2D eigenvalue weighted by Crippen LogP contribution is 2.28. The van der Waals surface area contributed by atoms with E-state index in [1.807, 2.05) is 46.0 Å². The Morgan fingerprint density at radius 3 is 2.73 bits per heavy atom. The van der Waals surface area contributed by atoms with Crippen LogP contribution in [0.15, 0.2) is 30.6 Å². The molecule has 0 aliphatic rings. The summed E-state index contributed by atoms with van der Waals surface area (Å²) in [6.45, 7) is 8.35. The molecule has 0 aliphatic heterocycles. The van der Waals surface area contributed by atoms with Gasteiger partial charge in [0.2, 0.25) is 0 Å². The van der Waals surface area contributed by atoms with Crippen molar-refractivity contribution in [3.05, 3.63) is 47.3 Å². The maximum atomic E-state index is 12.8. The van der Waals surface area contributed by atoms with E-state index in [4.69, 9.17) is 10.1 Å². The van der Waals surface area contributed by atoms with Crippen molar-refractivity contribution < 1.29 is 9.90 Å². The average molecular weight is 352 g/mol. The van der Waals surface area contributed by atoms with Gasteiger partial charge in [-0.1, -0.05) is 6.07 Å². The number of aromatic nitrogens is 3. The van der Waals surface area contributed by atoms with E-state index in [1.165, 1.54) is 0 Å². The molecule has 0 aliphatic carbocycles. The van der Waals surface area contributed by atoms with Crippen molar-refractivity contribution >= 4 is 16.8 Å². The van der Waals surface area contributed by atoms with Gasteiger partial charge in [-0.25, -0.2) is 4.98 Å². The Balaban J connectivity index is 2.20. The molecule has 136 valence electrons.